The molecule has 3 aromatic carbocycles. The van der Waals surface area contributed by atoms with Gasteiger partial charge in [-0.15, -0.1) is 0 Å². The first-order chi connectivity index (χ1) is 18.3. The Labute approximate surface area is 224 Å². The van der Waals surface area contributed by atoms with E-state index < -0.39 is 0 Å². The minimum Gasteiger partial charge on any atom is -0.508 e. The zero-order valence-corrected chi connectivity index (χ0v) is 22.2. The Balaban J connectivity index is 1.30. The maximum absolute atomic E-state index is 13.1. The summed E-state index contributed by atoms with van der Waals surface area (Å²) in [5.74, 6) is 0.587. The van der Waals surface area contributed by atoms with E-state index in [9.17, 15) is 20.1 Å². The summed E-state index contributed by atoms with van der Waals surface area (Å²) in [7, 11) is 0. The second kappa shape index (κ2) is 11.1. The van der Waals surface area contributed by atoms with Crippen molar-refractivity contribution in [2.75, 3.05) is 13.2 Å². The summed E-state index contributed by atoms with van der Waals surface area (Å²) in [5, 5.41) is 30.9. The highest BCUT2D eigenvalue weighted by molar-refractivity contribution is 6.02. The predicted octanol–water partition coefficient (Wildman–Crippen LogP) is 5.95. The van der Waals surface area contributed by atoms with Crippen molar-refractivity contribution >= 4 is 5.78 Å². The van der Waals surface area contributed by atoms with Gasteiger partial charge in [-0.3, -0.25) is 9.69 Å². The first-order valence-electron chi connectivity index (χ1n) is 13.7. The first kappa shape index (κ1) is 26.1. The number of ether oxygens (including phenoxy) is 1. The smallest absolute Gasteiger partial charge is 0.167 e. The second-order valence-corrected chi connectivity index (χ2v) is 10.9. The molecule has 6 nitrogen and oxygen atoms in total. The predicted molar refractivity (Wildman–Crippen MR) is 147 cm³/mol. The molecule has 0 radical (unpaired) electrons. The van der Waals surface area contributed by atoms with Crippen LogP contribution in [0.4, 0.5) is 0 Å². The molecule has 3 unspecified atom stereocenters. The Hall–Kier alpha value is -3.51. The number of nitrogens with zero attached hydrogens (tertiary/aromatic N) is 1. The van der Waals surface area contributed by atoms with E-state index in [1.807, 2.05) is 36.4 Å². The molecule has 6 heteroatoms. The highest BCUT2D eigenvalue weighted by atomic mass is 16.5. The van der Waals surface area contributed by atoms with Gasteiger partial charge < -0.3 is 20.1 Å². The molecule has 3 N–H and O–H groups in total. The quantitative estimate of drug-likeness (QED) is 0.360. The zero-order valence-electron chi connectivity index (χ0n) is 22.2. The normalized spacial score (nSPS) is 21.7. The van der Waals surface area contributed by atoms with Gasteiger partial charge >= 0.3 is 0 Å². The standard InChI is InChI=1S/C32H37NO5/c1-20-4-3-5-21(2)33(20)14-15-38-26-12-6-22(7-13-26)16-27-28-17-24(23-8-10-25(34)11-9-23)18-30(36)32(28)31(37)19-29(27)35/h6-13,19-21,24,34-35,37H,3-5,14-18H2,1-2H3. The number of likely N-dealkylation sites (tertiary alicyclic amines) is 1. The van der Waals surface area contributed by atoms with Gasteiger partial charge in [-0.2, -0.15) is 0 Å². The molecule has 1 fully saturated rings. The van der Waals surface area contributed by atoms with Gasteiger partial charge in [-0.25, -0.2) is 0 Å². The molecule has 1 aliphatic heterocycles. The SMILES string of the molecule is CC1CCCC(C)N1CCOc1ccc(Cc2c(O)cc(O)c3c2CC(c2ccc(O)cc2)CC3=O)cc1. The third kappa shape index (κ3) is 5.51. The van der Waals surface area contributed by atoms with E-state index in [4.69, 9.17) is 4.74 Å². The number of rotatable bonds is 7. The molecular formula is C32H37NO5. The van der Waals surface area contributed by atoms with Crippen LogP contribution in [-0.4, -0.2) is 51.2 Å². The van der Waals surface area contributed by atoms with Crippen LogP contribution in [0, 0.1) is 0 Å². The van der Waals surface area contributed by atoms with Crippen LogP contribution < -0.4 is 4.74 Å². The molecule has 0 bridgehead atoms. The number of hydrogen-bond donors (Lipinski definition) is 3. The third-order valence-corrected chi connectivity index (χ3v) is 8.33. The lowest BCUT2D eigenvalue weighted by molar-refractivity contribution is 0.0851. The average Bonchev–Trinajstić information content (AvgIpc) is 2.89. The molecule has 200 valence electrons. The molecule has 3 atom stereocenters. The van der Waals surface area contributed by atoms with E-state index in [0.717, 1.165) is 23.4 Å². The Bertz CT molecular complexity index is 1270. The van der Waals surface area contributed by atoms with Crippen LogP contribution in [0.1, 0.15) is 78.1 Å². The molecule has 38 heavy (non-hydrogen) atoms. The van der Waals surface area contributed by atoms with Crippen molar-refractivity contribution in [3.8, 4) is 23.0 Å². The van der Waals surface area contributed by atoms with Crippen molar-refractivity contribution in [1.29, 1.82) is 0 Å². The minimum atomic E-state index is -0.170. The Morgan fingerprint density at radius 1 is 0.895 bits per heavy atom. The van der Waals surface area contributed by atoms with Crippen LogP contribution in [-0.2, 0) is 12.8 Å². The minimum absolute atomic E-state index is 0.00879. The van der Waals surface area contributed by atoms with Crippen LogP contribution in [0.3, 0.4) is 0 Å². The first-order valence-corrected chi connectivity index (χ1v) is 13.7. The van der Waals surface area contributed by atoms with E-state index in [-0.39, 0.29) is 35.4 Å². The highest BCUT2D eigenvalue weighted by Crippen LogP contribution is 2.42. The molecule has 0 spiro atoms. The summed E-state index contributed by atoms with van der Waals surface area (Å²) in [6, 6.07) is 17.2. The van der Waals surface area contributed by atoms with E-state index in [0.29, 0.717) is 48.2 Å². The van der Waals surface area contributed by atoms with E-state index in [1.165, 1.54) is 25.3 Å². The fraction of sp³-hybridized carbons (Fsp3) is 0.406. The van der Waals surface area contributed by atoms with Crippen molar-refractivity contribution < 1.29 is 24.9 Å². The third-order valence-electron chi connectivity index (χ3n) is 8.33. The summed E-state index contributed by atoms with van der Waals surface area (Å²) in [6.45, 7) is 6.14. The maximum atomic E-state index is 13.1. The molecule has 0 saturated carbocycles. The van der Waals surface area contributed by atoms with Gasteiger partial charge in [0.05, 0.1) is 5.56 Å². The number of phenolic OH excluding ortho intramolecular Hbond substituents is 3. The average molecular weight is 516 g/mol. The lowest BCUT2D eigenvalue weighted by Crippen LogP contribution is -2.45. The van der Waals surface area contributed by atoms with E-state index in [2.05, 4.69) is 18.7 Å². The molecule has 1 heterocycles. The number of benzene rings is 3. The fourth-order valence-electron chi connectivity index (χ4n) is 6.20. The summed E-state index contributed by atoms with van der Waals surface area (Å²) in [6.07, 6.45) is 5.02. The number of hydrogen-bond acceptors (Lipinski definition) is 6. The Kier molecular flexibility index (Phi) is 7.61. The second-order valence-electron chi connectivity index (χ2n) is 10.9. The number of aromatic hydroxyl groups is 3. The summed E-state index contributed by atoms with van der Waals surface area (Å²) in [4.78, 5) is 15.6. The van der Waals surface area contributed by atoms with Gasteiger partial charge in [-0.05, 0) is 80.0 Å². The summed E-state index contributed by atoms with van der Waals surface area (Å²) >= 11 is 0. The molecule has 3 aromatic rings. The van der Waals surface area contributed by atoms with Crippen LogP contribution in [0.5, 0.6) is 23.0 Å². The van der Waals surface area contributed by atoms with Crippen molar-refractivity contribution in [2.24, 2.45) is 0 Å². The van der Waals surface area contributed by atoms with Gasteiger partial charge in [-0.1, -0.05) is 30.7 Å². The molecule has 0 amide bonds. The molecule has 0 aromatic heterocycles. The van der Waals surface area contributed by atoms with Crippen molar-refractivity contribution in [1.82, 2.24) is 4.90 Å². The number of Topliss-reactive ketones (excluding diaryl/α,β-unsaturated/α-hetero) is 1. The lowest BCUT2D eigenvalue weighted by Gasteiger charge is -2.38. The van der Waals surface area contributed by atoms with Gasteiger partial charge in [0, 0.05) is 43.1 Å². The van der Waals surface area contributed by atoms with Crippen LogP contribution in [0.15, 0.2) is 54.6 Å². The molecule has 1 aliphatic carbocycles. The van der Waals surface area contributed by atoms with Gasteiger partial charge in [0.2, 0.25) is 0 Å². The zero-order chi connectivity index (χ0) is 26.8. The van der Waals surface area contributed by atoms with E-state index >= 15 is 0 Å². The molecule has 2 aliphatic rings. The summed E-state index contributed by atoms with van der Waals surface area (Å²) < 4.78 is 6.04. The van der Waals surface area contributed by atoms with Gasteiger partial charge in [0.1, 0.15) is 29.6 Å². The molecule has 1 saturated heterocycles. The molecule has 5 rings (SSSR count). The maximum Gasteiger partial charge on any atom is 0.167 e. The topological polar surface area (TPSA) is 90.2 Å². The van der Waals surface area contributed by atoms with Crippen molar-refractivity contribution in [2.45, 2.75) is 70.4 Å². The highest BCUT2D eigenvalue weighted by Gasteiger charge is 2.32. The Morgan fingerprint density at radius 3 is 2.26 bits per heavy atom. The number of ketones is 1. The number of fused-ring (bicyclic) bond motifs is 1. The van der Waals surface area contributed by atoms with Crippen LogP contribution in [0.25, 0.3) is 0 Å². The van der Waals surface area contributed by atoms with Crippen LogP contribution in [0.2, 0.25) is 0 Å². The number of carbonyl (C=O) groups is 1. The van der Waals surface area contributed by atoms with Gasteiger partial charge in [0.25, 0.3) is 0 Å². The summed E-state index contributed by atoms with van der Waals surface area (Å²) in [5.41, 5.74) is 3.61. The number of carbonyl (C=O) groups excluding carboxylic acids is 1. The lowest BCUT2D eigenvalue weighted by atomic mass is 9.76. The van der Waals surface area contributed by atoms with Crippen LogP contribution >= 0.6 is 0 Å². The van der Waals surface area contributed by atoms with Gasteiger partial charge in [0.15, 0.2) is 5.78 Å². The largest absolute Gasteiger partial charge is 0.508 e. The Morgan fingerprint density at radius 2 is 1.58 bits per heavy atom. The number of piperidine rings is 1. The number of phenols is 3. The molecular weight excluding hydrogens is 478 g/mol. The van der Waals surface area contributed by atoms with Crippen molar-refractivity contribution in [3.63, 3.8) is 0 Å². The van der Waals surface area contributed by atoms with Crippen molar-refractivity contribution in [3.05, 3.63) is 82.4 Å². The van der Waals surface area contributed by atoms with E-state index in [1.54, 1.807) is 12.1 Å². The monoisotopic (exact) mass is 515 g/mol. The fourth-order valence-corrected chi connectivity index (χ4v) is 6.20.